The summed E-state index contributed by atoms with van der Waals surface area (Å²) in [5.74, 6) is 0.793. The van der Waals surface area contributed by atoms with Crippen LogP contribution in [0.4, 0.5) is 0 Å². The van der Waals surface area contributed by atoms with Crippen LogP contribution in [0.2, 0.25) is 0 Å². The van der Waals surface area contributed by atoms with E-state index in [1.165, 1.54) is 5.56 Å². The molecule has 3 heteroatoms. The van der Waals surface area contributed by atoms with Crippen LogP contribution in [0, 0.1) is 0 Å². The number of benzene rings is 1. The first-order chi connectivity index (χ1) is 7.27. The van der Waals surface area contributed by atoms with Gasteiger partial charge in [-0.25, -0.2) is 0 Å². The fraction of sp³-hybridized carbons (Fsp3) is 0.417. The molecule has 1 aromatic rings. The molecule has 0 saturated carbocycles. The smallest absolute Gasteiger partial charge is 0.310 e. The predicted molar refractivity (Wildman–Crippen MR) is 64.0 cm³/mol. The average molecular weight is 224 g/mol. The molecule has 0 unspecified atom stereocenters. The topological polar surface area (TPSA) is 26.3 Å². The van der Waals surface area contributed by atoms with E-state index in [9.17, 15) is 4.79 Å². The van der Waals surface area contributed by atoms with Gasteiger partial charge in [0, 0.05) is 5.75 Å². The molecule has 0 saturated heterocycles. The monoisotopic (exact) mass is 224 g/mol. The number of rotatable bonds is 5. The second kappa shape index (κ2) is 6.51. The Kier molecular flexibility index (Phi) is 5.26. The van der Waals surface area contributed by atoms with Crippen molar-refractivity contribution in [1.29, 1.82) is 0 Å². The molecule has 1 aromatic carbocycles. The fourth-order valence-corrected chi connectivity index (χ4v) is 1.99. The molecule has 0 aliphatic carbocycles. The van der Waals surface area contributed by atoms with Crippen molar-refractivity contribution >= 4 is 17.7 Å². The van der Waals surface area contributed by atoms with Gasteiger partial charge in [-0.2, -0.15) is 11.8 Å². The molecule has 15 heavy (non-hydrogen) atoms. The van der Waals surface area contributed by atoms with Crippen LogP contribution in [-0.2, 0) is 21.7 Å². The Balaban J connectivity index is 2.70. The molecule has 1 rings (SSSR count). The zero-order chi connectivity index (χ0) is 11.1. The van der Waals surface area contributed by atoms with E-state index < -0.39 is 0 Å². The quantitative estimate of drug-likeness (QED) is 0.719. The lowest BCUT2D eigenvalue weighted by Gasteiger charge is -2.07. The minimum absolute atomic E-state index is 0.147. The van der Waals surface area contributed by atoms with E-state index in [0.29, 0.717) is 13.0 Å². The van der Waals surface area contributed by atoms with Crippen molar-refractivity contribution in [2.24, 2.45) is 0 Å². The summed E-state index contributed by atoms with van der Waals surface area (Å²) in [7, 11) is 0. The van der Waals surface area contributed by atoms with Crippen LogP contribution in [0.1, 0.15) is 18.1 Å². The van der Waals surface area contributed by atoms with Crippen LogP contribution in [0.5, 0.6) is 0 Å². The summed E-state index contributed by atoms with van der Waals surface area (Å²) in [5, 5.41) is 0. The SMILES string of the molecule is CCOC(=O)Cc1ccccc1CSC. The Morgan fingerprint density at radius 3 is 2.60 bits per heavy atom. The van der Waals surface area contributed by atoms with E-state index in [-0.39, 0.29) is 5.97 Å². The van der Waals surface area contributed by atoms with Gasteiger partial charge in [0.2, 0.25) is 0 Å². The number of carbonyl (C=O) groups is 1. The first-order valence-corrected chi connectivity index (χ1v) is 6.38. The van der Waals surface area contributed by atoms with E-state index in [0.717, 1.165) is 11.3 Å². The molecule has 0 spiro atoms. The molecule has 0 heterocycles. The summed E-state index contributed by atoms with van der Waals surface area (Å²) in [6.07, 6.45) is 2.44. The number of esters is 1. The van der Waals surface area contributed by atoms with Crippen LogP contribution in [0.3, 0.4) is 0 Å². The lowest BCUT2D eigenvalue weighted by Crippen LogP contribution is -2.08. The third kappa shape index (κ3) is 3.96. The normalized spacial score (nSPS) is 10.0. The largest absolute Gasteiger partial charge is 0.466 e. The fourth-order valence-electron chi connectivity index (χ4n) is 1.39. The Labute approximate surface area is 95.0 Å². The molecule has 0 aliphatic heterocycles. The van der Waals surface area contributed by atoms with E-state index in [1.54, 1.807) is 11.8 Å². The number of ether oxygens (including phenoxy) is 1. The average Bonchev–Trinajstić information content (AvgIpc) is 2.21. The summed E-state index contributed by atoms with van der Waals surface area (Å²) >= 11 is 1.76. The van der Waals surface area contributed by atoms with Crippen molar-refractivity contribution in [3.63, 3.8) is 0 Å². The van der Waals surface area contributed by atoms with Gasteiger partial charge >= 0.3 is 5.97 Å². The van der Waals surface area contributed by atoms with Crippen LogP contribution >= 0.6 is 11.8 Å². The van der Waals surface area contributed by atoms with E-state index >= 15 is 0 Å². The molecular formula is C12H16O2S. The molecular weight excluding hydrogens is 208 g/mol. The summed E-state index contributed by atoms with van der Waals surface area (Å²) in [4.78, 5) is 11.3. The molecule has 0 aromatic heterocycles. The molecule has 0 fully saturated rings. The van der Waals surface area contributed by atoms with Gasteiger partial charge in [-0.3, -0.25) is 4.79 Å². The van der Waals surface area contributed by atoms with Gasteiger partial charge in [0.1, 0.15) is 0 Å². The third-order valence-electron chi connectivity index (χ3n) is 2.06. The van der Waals surface area contributed by atoms with Crippen molar-refractivity contribution < 1.29 is 9.53 Å². The summed E-state index contributed by atoms with van der Waals surface area (Å²) in [5.41, 5.74) is 2.29. The second-order valence-electron chi connectivity index (χ2n) is 3.18. The Hall–Kier alpha value is -0.960. The predicted octanol–water partition coefficient (Wildman–Crippen LogP) is 2.66. The lowest BCUT2D eigenvalue weighted by molar-refractivity contribution is -0.142. The van der Waals surface area contributed by atoms with Crippen LogP contribution in [0.25, 0.3) is 0 Å². The van der Waals surface area contributed by atoms with Gasteiger partial charge in [-0.15, -0.1) is 0 Å². The van der Waals surface area contributed by atoms with E-state index in [2.05, 4.69) is 12.3 Å². The third-order valence-corrected chi connectivity index (χ3v) is 2.66. The maximum atomic E-state index is 11.3. The Morgan fingerprint density at radius 1 is 1.33 bits per heavy atom. The minimum Gasteiger partial charge on any atom is -0.466 e. The zero-order valence-corrected chi connectivity index (χ0v) is 9.97. The molecule has 0 atom stereocenters. The minimum atomic E-state index is -0.147. The molecule has 0 bridgehead atoms. The van der Waals surface area contributed by atoms with Crippen LogP contribution in [-0.4, -0.2) is 18.8 Å². The zero-order valence-electron chi connectivity index (χ0n) is 9.16. The van der Waals surface area contributed by atoms with Crippen LogP contribution in [0.15, 0.2) is 24.3 Å². The molecule has 0 aliphatic rings. The molecule has 0 radical (unpaired) electrons. The van der Waals surface area contributed by atoms with Gasteiger partial charge < -0.3 is 4.74 Å². The molecule has 82 valence electrons. The van der Waals surface area contributed by atoms with Crippen molar-refractivity contribution in [2.75, 3.05) is 12.9 Å². The van der Waals surface area contributed by atoms with Crippen molar-refractivity contribution in [2.45, 2.75) is 19.1 Å². The molecule has 2 nitrogen and oxygen atoms in total. The highest BCUT2D eigenvalue weighted by atomic mass is 32.2. The highest BCUT2D eigenvalue weighted by molar-refractivity contribution is 7.97. The van der Waals surface area contributed by atoms with Crippen LogP contribution < -0.4 is 0 Å². The summed E-state index contributed by atoms with van der Waals surface area (Å²) in [6, 6.07) is 8.01. The van der Waals surface area contributed by atoms with Gasteiger partial charge in [-0.05, 0) is 24.3 Å². The Morgan fingerprint density at radius 2 is 2.00 bits per heavy atom. The highest BCUT2D eigenvalue weighted by Crippen LogP contribution is 2.15. The lowest BCUT2D eigenvalue weighted by atomic mass is 10.1. The van der Waals surface area contributed by atoms with Gasteiger partial charge in [0.25, 0.3) is 0 Å². The first kappa shape index (κ1) is 12.1. The van der Waals surface area contributed by atoms with Crippen molar-refractivity contribution in [3.8, 4) is 0 Å². The van der Waals surface area contributed by atoms with Gasteiger partial charge in [-0.1, -0.05) is 24.3 Å². The Bertz CT molecular complexity index is 323. The second-order valence-corrected chi connectivity index (χ2v) is 4.05. The summed E-state index contributed by atoms with van der Waals surface area (Å²) < 4.78 is 4.93. The standard InChI is InChI=1S/C12H16O2S/c1-3-14-12(13)8-10-6-4-5-7-11(10)9-15-2/h4-7H,3,8-9H2,1-2H3. The van der Waals surface area contributed by atoms with E-state index in [4.69, 9.17) is 4.74 Å². The maximum Gasteiger partial charge on any atom is 0.310 e. The van der Waals surface area contributed by atoms with E-state index in [1.807, 2.05) is 25.1 Å². The number of carbonyl (C=O) groups excluding carboxylic acids is 1. The first-order valence-electron chi connectivity index (χ1n) is 4.99. The number of thioether (sulfide) groups is 1. The highest BCUT2D eigenvalue weighted by Gasteiger charge is 2.07. The number of hydrogen-bond donors (Lipinski definition) is 0. The molecule has 0 amide bonds. The van der Waals surface area contributed by atoms with Crippen molar-refractivity contribution in [1.82, 2.24) is 0 Å². The van der Waals surface area contributed by atoms with Gasteiger partial charge in [0.05, 0.1) is 13.0 Å². The number of hydrogen-bond acceptors (Lipinski definition) is 3. The summed E-state index contributed by atoms with van der Waals surface area (Å²) in [6.45, 7) is 2.27. The van der Waals surface area contributed by atoms with Crippen molar-refractivity contribution in [3.05, 3.63) is 35.4 Å². The molecule has 0 N–H and O–H groups in total. The van der Waals surface area contributed by atoms with Gasteiger partial charge in [0.15, 0.2) is 0 Å². The maximum absolute atomic E-state index is 11.3.